The highest BCUT2D eigenvalue weighted by Gasteiger charge is 2.18. The normalized spacial score (nSPS) is 11.2. The minimum absolute atomic E-state index is 0.0792. The molecule has 1 N–H and O–H groups in total. The summed E-state index contributed by atoms with van der Waals surface area (Å²) in [6.07, 6.45) is 0. The van der Waals surface area contributed by atoms with E-state index in [9.17, 15) is 4.79 Å². The molecule has 0 bridgehead atoms. The van der Waals surface area contributed by atoms with Gasteiger partial charge in [0, 0.05) is 22.1 Å². The Labute approximate surface area is 187 Å². The summed E-state index contributed by atoms with van der Waals surface area (Å²) < 4.78 is 8.90. The molecule has 1 amide bonds. The number of aromatic nitrogens is 3. The zero-order chi connectivity index (χ0) is 21.3. The van der Waals surface area contributed by atoms with Gasteiger partial charge < -0.3 is 9.73 Å². The molecular weight excluding hydrogens is 464 g/mol. The van der Waals surface area contributed by atoms with E-state index in [2.05, 4.69) is 31.4 Å². The van der Waals surface area contributed by atoms with Crippen LogP contribution in [0.15, 0.2) is 56.5 Å². The number of nitrogens with one attached hydrogen (secondary N) is 1. The topological polar surface area (TPSA) is 73.0 Å². The molecular formula is C22H21BrN4O2S. The van der Waals surface area contributed by atoms with Crippen molar-refractivity contribution in [1.82, 2.24) is 14.8 Å². The second-order valence-electron chi connectivity index (χ2n) is 6.95. The number of fused-ring (bicyclic) bond motifs is 1. The fraction of sp³-hybridized carbons (Fsp3) is 0.227. The maximum absolute atomic E-state index is 12.5. The van der Waals surface area contributed by atoms with Crippen molar-refractivity contribution in [3.8, 4) is 11.6 Å². The van der Waals surface area contributed by atoms with Gasteiger partial charge in [-0.3, -0.25) is 9.36 Å². The molecule has 154 valence electrons. The number of amides is 1. The van der Waals surface area contributed by atoms with Crippen molar-refractivity contribution in [2.24, 2.45) is 0 Å². The maximum atomic E-state index is 12.5. The molecule has 8 heteroatoms. The number of halogens is 1. The van der Waals surface area contributed by atoms with E-state index < -0.39 is 0 Å². The molecule has 30 heavy (non-hydrogen) atoms. The van der Waals surface area contributed by atoms with Gasteiger partial charge in [-0.25, -0.2) is 0 Å². The van der Waals surface area contributed by atoms with E-state index in [0.717, 1.165) is 32.3 Å². The predicted molar refractivity (Wildman–Crippen MR) is 124 cm³/mol. The number of rotatable bonds is 6. The highest BCUT2D eigenvalue weighted by atomic mass is 79.9. The van der Waals surface area contributed by atoms with Crippen molar-refractivity contribution in [3.05, 3.63) is 58.1 Å². The predicted octanol–water partition coefficient (Wildman–Crippen LogP) is 5.82. The zero-order valence-electron chi connectivity index (χ0n) is 16.9. The number of nitrogens with zero attached hydrogens (tertiary/aromatic N) is 3. The average molecular weight is 485 g/mol. The molecule has 2 aromatic heterocycles. The lowest BCUT2D eigenvalue weighted by Gasteiger charge is -2.12. The standard InChI is InChI=1S/C22H21BrN4O2S/c1-4-27-21(18-11-15-7-5-6-8-17(15)29-18)25-26-22(27)30-12-19(28)24-20-13(2)9-16(23)10-14(20)3/h5-11H,4,12H2,1-3H3,(H,24,28). The minimum atomic E-state index is -0.0792. The summed E-state index contributed by atoms with van der Waals surface area (Å²) in [6.45, 7) is 6.66. The molecule has 0 radical (unpaired) electrons. The zero-order valence-corrected chi connectivity index (χ0v) is 19.3. The van der Waals surface area contributed by atoms with Crippen LogP contribution in [0, 0.1) is 13.8 Å². The van der Waals surface area contributed by atoms with Crippen molar-refractivity contribution in [1.29, 1.82) is 0 Å². The molecule has 0 spiro atoms. The molecule has 0 aliphatic carbocycles. The second kappa shape index (κ2) is 8.65. The monoisotopic (exact) mass is 484 g/mol. The summed E-state index contributed by atoms with van der Waals surface area (Å²) in [7, 11) is 0. The first-order chi connectivity index (χ1) is 14.5. The Morgan fingerprint density at radius 1 is 1.17 bits per heavy atom. The van der Waals surface area contributed by atoms with Crippen molar-refractivity contribution >= 4 is 50.3 Å². The van der Waals surface area contributed by atoms with Gasteiger partial charge in [0.1, 0.15) is 5.58 Å². The van der Waals surface area contributed by atoms with E-state index in [1.54, 1.807) is 0 Å². The van der Waals surface area contributed by atoms with Gasteiger partial charge in [-0.1, -0.05) is 45.9 Å². The van der Waals surface area contributed by atoms with Crippen LogP contribution < -0.4 is 5.32 Å². The smallest absolute Gasteiger partial charge is 0.234 e. The first-order valence-electron chi connectivity index (χ1n) is 9.57. The Morgan fingerprint density at radius 3 is 2.60 bits per heavy atom. The first kappa shape index (κ1) is 20.7. The number of thioether (sulfide) groups is 1. The van der Waals surface area contributed by atoms with Crippen molar-refractivity contribution in [2.75, 3.05) is 11.1 Å². The van der Waals surface area contributed by atoms with E-state index in [0.29, 0.717) is 23.3 Å². The van der Waals surface area contributed by atoms with Gasteiger partial charge in [0.25, 0.3) is 0 Å². The number of aryl methyl sites for hydroxylation is 2. The summed E-state index contributed by atoms with van der Waals surface area (Å²) in [4.78, 5) is 12.5. The third-order valence-corrected chi connectivity index (χ3v) is 6.20. The fourth-order valence-electron chi connectivity index (χ4n) is 3.37. The molecule has 6 nitrogen and oxygen atoms in total. The fourth-order valence-corrected chi connectivity index (χ4v) is 4.86. The van der Waals surface area contributed by atoms with E-state index in [1.807, 2.05) is 67.8 Å². The minimum Gasteiger partial charge on any atom is -0.453 e. The third kappa shape index (κ3) is 4.15. The van der Waals surface area contributed by atoms with Gasteiger partial charge in [-0.2, -0.15) is 0 Å². The quantitative estimate of drug-likeness (QED) is 0.349. The van der Waals surface area contributed by atoms with Crippen LogP contribution in [0.3, 0.4) is 0 Å². The Bertz CT molecular complexity index is 1180. The summed E-state index contributed by atoms with van der Waals surface area (Å²) in [5.74, 6) is 1.50. The lowest BCUT2D eigenvalue weighted by molar-refractivity contribution is -0.113. The number of hydrogen-bond acceptors (Lipinski definition) is 5. The SMILES string of the molecule is CCn1c(SCC(=O)Nc2c(C)cc(Br)cc2C)nnc1-c1cc2ccccc2o1. The molecule has 0 fully saturated rings. The van der Waals surface area contributed by atoms with Gasteiger partial charge in [0.15, 0.2) is 10.9 Å². The van der Waals surface area contributed by atoms with E-state index in [1.165, 1.54) is 11.8 Å². The lowest BCUT2D eigenvalue weighted by Crippen LogP contribution is -2.16. The average Bonchev–Trinajstić information content (AvgIpc) is 3.32. The second-order valence-corrected chi connectivity index (χ2v) is 8.81. The largest absolute Gasteiger partial charge is 0.453 e. The van der Waals surface area contributed by atoms with Gasteiger partial charge in [0.05, 0.1) is 5.75 Å². The Hall–Kier alpha value is -2.58. The van der Waals surface area contributed by atoms with E-state index in [-0.39, 0.29) is 11.7 Å². The van der Waals surface area contributed by atoms with Gasteiger partial charge in [-0.15, -0.1) is 10.2 Å². The number of hydrogen-bond donors (Lipinski definition) is 1. The van der Waals surface area contributed by atoms with Gasteiger partial charge in [-0.05, 0) is 56.2 Å². The summed E-state index contributed by atoms with van der Waals surface area (Å²) in [5, 5.41) is 13.3. The maximum Gasteiger partial charge on any atom is 0.234 e. The molecule has 2 heterocycles. The van der Waals surface area contributed by atoms with Gasteiger partial charge >= 0.3 is 0 Å². The van der Waals surface area contributed by atoms with Crippen molar-refractivity contribution in [3.63, 3.8) is 0 Å². The van der Waals surface area contributed by atoms with Crippen LogP contribution in [0.5, 0.6) is 0 Å². The van der Waals surface area contributed by atoms with Crippen LogP contribution in [-0.4, -0.2) is 26.4 Å². The molecule has 0 unspecified atom stereocenters. The van der Waals surface area contributed by atoms with Crippen LogP contribution in [0.1, 0.15) is 18.1 Å². The van der Waals surface area contributed by atoms with Crippen LogP contribution in [0.4, 0.5) is 5.69 Å². The van der Waals surface area contributed by atoms with E-state index >= 15 is 0 Å². The third-order valence-electron chi connectivity index (χ3n) is 4.77. The first-order valence-corrected chi connectivity index (χ1v) is 11.4. The number of para-hydroxylation sites is 1. The van der Waals surface area contributed by atoms with Crippen LogP contribution in [0.25, 0.3) is 22.6 Å². The molecule has 0 aliphatic rings. The number of carbonyl (C=O) groups is 1. The Kier molecular flexibility index (Phi) is 5.97. The Balaban J connectivity index is 1.50. The molecule has 2 aromatic carbocycles. The molecule has 0 saturated heterocycles. The van der Waals surface area contributed by atoms with Crippen LogP contribution in [-0.2, 0) is 11.3 Å². The number of furan rings is 1. The number of benzene rings is 2. The molecule has 4 aromatic rings. The van der Waals surface area contributed by atoms with Crippen molar-refractivity contribution < 1.29 is 9.21 Å². The lowest BCUT2D eigenvalue weighted by atomic mass is 10.1. The molecule has 0 saturated carbocycles. The number of anilines is 1. The number of carbonyl (C=O) groups excluding carboxylic acids is 1. The van der Waals surface area contributed by atoms with Crippen molar-refractivity contribution in [2.45, 2.75) is 32.5 Å². The Morgan fingerprint density at radius 2 is 1.90 bits per heavy atom. The van der Waals surface area contributed by atoms with Crippen LogP contribution >= 0.6 is 27.7 Å². The van der Waals surface area contributed by atoms with Crippen LogP contribution in [0.2, 0.25) is 0 Å². The molecule has 4 rings (SSSR count). The van der Waals surface area contributed by atoms with Gasteiger partial charge in [0.2, 0.25) is 11.7 Å². The summed E-state index contributed by atoms with van der Waals surface area (Å²) in [6, 6.07) is 13.8. The highest BCUT2D eigenvalue weighted by molar-refractivity contribution is 9.10. The molecule has 0 atom stereocenters. The van der Waals surface area contributed by atoms with E-state index in [4.69, 9.17) is 4.42 Å². The highest BCUT2D eigenvalue weighted by Crippen LogP contribution is 2.30. The summed E-state index contributed by atoms with van der Waals surface area (Å²) in [5.41, 5.74) is 3.70. The summed E-state index contributed by atoms with van der Waals surface area (Å²) >= 11 is 4.84. The molecule has 0 aliphatic heterocycles.